The van der Waals surface area contributed by atoms with Gasteiger partial charge in [-0.2, -0.15) is 0 Å². The van der Waals surface area contributed by atoms with Gasteiger partial charge in [0, 0.05) is 126 Å². The van der Waals surface area contributed by atoms with E-state index in [1.165, 1.54) is 155 Å². The van der Waals surface area contributed by atoms with E-state index in [2.05, 4.69) is 131 Å². The minimum absolute atomic E-state index is 0.298. The predicted molar refractivity (Wildman–Crippen MR) is 298 cm³/mol. The van der Waals surface area contributed by atoms with E-state index in [9.17, 15) is 0 Å². The molecule has 2 bridgehead atoms. The van der Waals surface area contributed by atoms with Crippen molar-refractivity contribution in [3.63, 3.8) is 0 Å². The summed E-state index contributed by atoms with van der Waals surface area (Å²) in [6, 6.07) is 5.27. The Morgan fingerprint density at radius 1 is 0.443 bits per heavy atom. The van der Waals surface area contributed by atoms with Crippen LogP contribution in [-0.2, 0) is 14.2 Å². The molecule has 9 heterocycles. The Morgan fingerprint density at radius 2 is 0.857 bits per heavy atom. The lowest BCUT2D eigenvalue weighted by molar-refractivity contribution is -0.185. The fourth-order valence-electron chi connectivity index (χ4n) is 12.7. The molecular formula is C60H119N7O3. The molecule has 3 atom stereocenters. The molecule has 70 heavy (non-hydrogen) atoms. The monoisotopic (exact) mass is 986 g/mol. The number of hydrogen-bond acceptors (Lipinski definition) is 10. The molecule has 12 rings (SSSR count). The van der Waals surface area contributed by atoms with Crippen molar-refractivity contribution in [1.82, 2.24) is 34.3 Å². The molecule has 0 aromatic heterocycles. The Balaban J connectivity index is 0.000000154. The maximum Gasteiger partial charge on any atom is 0.0820 e. The summed E-state index contributed by atoms with van der Waals surface area (Å²) in [5.74, 6) is 0. The molecule has 0 amide bonds. The van der Waals surface area contributed by atoms with Crippen LogP contribution in [0.25, 0.3) is 0 Å². The van der Waals surface area contributed by atoms with Crippen molar-refractivity contribution in [1.29, 1.82) is 0 Å². The summed E-state index contributed by atoms with van der Waals surface area (Å²) in [5.41, 5.74) is 2.36. The van der Waals surface area contributed by atoms with Gasteiger partial charge in [0.2, 0.25) is 0 Å². The largest absolute Gasteiger partial charge is 0.379 e. The van der Waals surface area contributed by atoms with Crippen molar-refractivity contribution in [2.24, 2.45) is 10.8 Å². The van der Waals surface area contributed by atoms with E-state index in [4.69, 9.17) is 14.2 Å². The van der Waals surface area contributed by atoms with Crippen molar-refractivity contribution < 1.29 is 14.2 Å². The molecular weight excluding hydrogens is 867 g/mol. The van der Waals surface area contributed by atoms with Crippen LogP contribution in [0.2, 0.25) is 0 Å². The zero-order chi connectivity index (χ0) is 51.1. The highest BCUT2D eigenvalue weighted by atomic mass is 16.5. The number of ether oxygens (including phenoxy) is 3. The second-order valence-electron chi connectivity index (χ2n) is 26.2. The van der Waals surface area contributed by atoms with Crippen LogP contribution in [0.3, 0.4) is 0 Å². The second kappa shape index (κ2) is 29.2. The van der Waals surface area contributed by atoms with Crippen LogP contribution >= 0.6 is 0 Å². The van der Waals surface area contributed by atoms with Gasteiger partial charge in [-0.15, -0.1) is 0 Å². The Bertz CT molecular complexity index is 1330. The second-order valence-corrected chi connectivity index (χ2v) is 26.2. The van der Waals surface area contributed by atoms with Gasteiger partial charge in [0.05, 0.1) is 24.9 Å². The van der Waals surface area contributed by atoms with Crippen LogP contribution in [-0.4, -0.2) is 205 Å². The predicted octanol–water partition coefficient (Wildman–Crippen LogP) is 11.2. The van der Waals surface area contributed by atoms with E-state index in [-0.39, 0.29) is 0 Å². The molecule has 3 aliphatic carbocycles. The van der Waals surface area contributed by atoms with E-state index in [0.717, 1.165) is 93.3 Å². The van der Waals surface area contributed by atoms with Crippen molar-refractivity contribution in [3.8, 4) is 0 Å². The SMILES string of the molecule is CC(C)N1CC2(CCC2)C1.CC(C)N1CC2(CCC2)C1.CC(C)N1CC2CC(C1)O2.CC(C)N1CCC1.CC(C)N1CCC12CCC2.CC(C)N1CCCC1.CCOCC1CCN(C(C)C)CCCO1. The molecule has 10 nitrogen and oxygen atoms in total. The summed E-state index contributed by atoms with van der Waals surface area (Å²) in [6.07, 6.45) is 24.2. The molecule has 0 aromatic carbocycles. The zero-order valence-electron chi connectivity index (χ0n) is 49.3. The molecule has 3 unspecified atom stereocenters. The molecule has 9 aliphatic heterocycles. The van der Waals surface area contributed by atoms with Crippen LogP contribution in [0.4, 0.5) is 0 Å². The first-order valence-corrected chi connectivity index (χ1v) is 30.3. The number of likely N-dealkylation sites (tertiary alicyclic amines) is 5. The Hall–Kier alpha value is -0.400. The third-order valence-electron chi connectivity index (χ3n) is 18.7. The number of fused-ring (bicyclic) bond motifs is 2. The van der Waals surface area contributed by atoms with Crippen LogP contribution < -0.4 is 0 Å². The van der Waals surface area contributed by atoms with Crippen molar-refractivity contribution in [2.45, 2.75) is 273 Å². The van der Waals surface area contributed by atoms with Crippen LogP contribution in [0.1, 0.15) is 207 Å². The third kappa shape index (κ3) is 18.1. The summed E-state index contributed by atoms with van der Waals surface area (Å²) in [5, 5.41) is 0. The normalized spacial score (nSPS) is 29.0. The van der Waals surface area contributed by atoms with Crippen LogP contribution in [0.5, 0.6) is 0 Å². The summed E-state index contributed by atoms with van der Waals surface area (Å²) in [4.78, 5) is 17.9. The van der Waals surface area contributed by atoms with E-state index in [0.29, 0.717) is 35.9 Å². The Kier molecular flexibility index (Phi) is 25.2. The number of rotatable bonds is 10. The molecule has 3 spiro atoms. The van der Waals surface area contributed by atoms with Gasteiger partial charge in [-0.3, -0.25) is 19.6 Å². The summed E-state index contributed by atoms with van der Waals surface area (Å²) >= 11 is 0. The Morgan fingerprint density at radius 3 is 1.13 bits per heavy atom. The van der Waals surface area contributed by atoms with Gasteiger partial charge in [-0.05, 0) is 224 Å². The summed E-state index contributed by atoms with van der Waals surface area (Å²) in [6.45, 7) is 53.2. The van der Waals surface area contributed by atoms with Gasteiger partial charge in [-0.1, -0.05) is 12.8 Å². The highest BCUT2D eigenvalue weighted by Crippen LogP contribution is 2.50. The number of hydrogen-bond donors (Lipinski definition) is 0. The summed E-state index contributed by atoms with van der Waals surface area (Å²) < 4.78 is 16.7. The van der Waals surface area contributed by atoms with E-state index < -0.39 is 0 Å². The van der Waals surface area contributed by atoms with Crippen LogP contribution in [0, 0.1) is 10.8 Å². The number of morpholine rings is 1. The highest BCUT2D eigenvalue weighted by Gasteiger charge is 2.50. The molecule has 10 heteroatoms. The van der Waals surface area contributed by atoms with E-state index in [1.807, 2.05) is 6.92 Å². The third-order valence-corrected chi connectivity index (χ3v) is 18.7. The van der Waals surface area contributed by atoms with Crippen LogP contribution in [0.15, 0.2) is 0 Å². The van der Waals surface area contributed by atoms with Gasteiger partial charge in [0.1, 0.15) is 0 Å². The topological polar surface area (TPSA) is 50.4 Å². The first-order chi connectivity index (χ1) is 33.3. The van der Waals surface area contributed by atoms with Gasteiger partial charge < -0.3 is 28.9 Å². The quantitative estimate of drug-likeness (QED) is 0.212. The van der Waals surface area contributed by atoms with Gasteiger partial charge in [0.15, 0.2) is 0 Å². The van der Waals surface area contributed by atoms with Gasteiger partial charge >= 0.3 is 0 Å². The Labute approximate surface area is 435 Å². The molecule has 3 saturated carbocycles. The number of nitrogens with zero attached hydrogens (tertiary/aromatic N) is 7. The lowest BCUT2D eigenvalue weighted by Gasteiger charge is -2.60. The van der Waals surface area contributed by atoms with Gasteiger partial charge in [0.25, 0.3) is 0 Å². The maximum atomic E-state index is 5.76. The molecule has 0 aromatic rings. The molecule has 12 fully saturated rings. The molecule has 12 aliphatic rings. The van der Waals surface area contributed by atoms with E-state index in [1.54, 1.807) is 0 Å². The van der Waals surface area contributed by atoms with Crippen molar-refractivity contribution >= 4 is 0 Å². The van der Waals surface area contributed by atoms with Crippen molar-refractivity contribution in [2.75, 3.05) is 105 Å². The average molecular weight is 987 g/mol. The van der Waals surface area contributed by atoms with E-state index >= 15 is 0 Å². The lowest BCUT2D eigenvalue weighted by atomic mass is 9.63. The fourth-order valence-corrected chi connectivity index (χ4v) is 12.7. The molecule has 0 N–H and O–H groups in total. The minimum atomic E-state index is 0.298. The average Bonchev–Trinajstić information content (AvgIpc) is 3.71. The standard InChI is InChI=1S/C12H25NO2.3C9H17N.C8H15NO.C7H15N.C6H13N/c1-4-14-10-12-6-8-13(11(2)3)7-5-9-15-12;2*1-8(2)10-6-9(7-10)4-3-5-9;1-8(2)10-7-6-9(10)4-3-5-9;1-6(2)9-4-7-3-8(5-9)10-7;1-7(2)8-5-3-4-6-8;1-6(2)7-4-3-5-7/h11-12H,4-10H2,1-3H3;3*8H,3-7H2,1-2H3;6-8H,3-5H2,1-2H3;7H,3-6H2,1-2H3;6H,3-5H2,1-2H3. The molecule has 9 saturated heterocycles. The lowest BCUT2D eigenvalue weighted by Crippen LogP contribution is -2.65. The fraction of sp³-hybridized carbons (Fsp3) is 1.00. The highest BCUT2D eigenvalue weighted by molar-refractivity contribution is 5.06. The van der Waals surface area contributed by atoms with Crippen molar-refractivity contribution in [3.05, 3.63) is 0 Å². The first kappa shape index (κ1) is 60.5. The molecule has 412 valence electrons. The minimum Gasteiger partial charge on any atom is -0.379 e. The summed E-state index contributed by atoms with van der Waals surface area (Å²) in [7, 11) is 0. The first-order valence-electron chi connectivity index (χ1n) is 30.3. The zero-order valence-corrected chi connectivity index (χ0v) is 49.3. The van der Waals surface area contributed by atoms with Gasteiger partial charge in [-0.25, -0.2) is 0 Å². The number of piperidine rings is 1. The maximum absolute atomic E-state index is 5.76. The molecule has 0 radical (unpaired) electrons. The smallest absolute Gasteiger partial charge is 0.0820 e.